The van der Waals surface area contributed by atoms with Gasteiger partial charge in [-0.1, -0.05) is 0 Å². The van der Waals surface area contributed by atoms with Crippen molar-refractivity contribution in [1.82, 2.24) is 20.4 Å². The lowest BCUT2D eigenvalue weighted by atomic mass is 10.2. The van der Waals surface area contributed by atoms with Gasteiger partial charge in [-0.3, -0.25) is 9.67 Å². The number of nitrogens with zero attached hydrogens (tertiary/aromatic N) is 3. The van der Waals surface area contributed by atoms with E-state index >= 15 is 0 Å². The fourth-order valence-electron chi connectivity index (χ4n) is 2.43. The molecule has 7 nitrogen and oxygen atoms in total. The molecule has 0 saturated carbocycles. The van der Waals surface area contributed by atoms with Crippen LogP contribution in [0.25, 0.3) is 0 Å². The zero-order chi connectivity index (χ0) is 16.2. The van der Waals surface area contributed by atoms with E-state index < -0.39 is 0 Å². The number of hydrogen-bond donors (Lipinski definition) is 2. The topological polar surface area (TPSA) is 72.7 Å². The van der Waals surface area contributed by atoms with Crippen molar-refractivity contribution in [3.8, 4) is 0 Å². The average Bonchev–Trinajstić information content (AvgIpc) is 3.24. The molecule has 0 spiro atoms. The second-order valence-corrected chi connectivity index (χ2v) is 5.52. The third kappa shape index (κ3) is 8.84. The highest BCUT2D eigenvalue weighted by atomic mass is 127. The molecule has 1 unspecified atom stereocenters. The van der Waals surface area contributed by atoms with Gasteiger partial charge in [-0.15, -0.1) is 24.0 Å². The number of ether oxygens (including phenoxy) is 2. The first kappa shape index (κ1) is 21.2. The van der Waals surface area contributed by atoms with Crippen LogP contribution in [0.2, 0.25) is 0 Å². The van der Waals surface area contributed by atoms with E-state index in [-0.39, 0.29) is 24.0 Å². The molecular weight excluding hydrogens is 421 g/mol. The summed E-state index contributed by atoms with van der Waals surface area (Å²) in [5.74, 6) is 0.841. The Morgan fingerprint density at radius 1 is 1.46 bits per heavy atom. The Labute approximate surface area is 161 Å². The van der Waals surface area contributed by atoms with E-state index in [1.807, 2.05) is 16.9 Å². The van der Waals surface area contributed by atoms with Crippen LogP contribution in [0.1, 0.15) is 26.2 Å². The number of aromatic nitrogens is 2. The predicted octanol–water partition coefficient (Wildman–Crippen LogP) is 1.64. The van der Waals surface area contributed by atoms with Crippen molar-refractivity contribution in [1.29, 1.82) is 0 Å². The van der Waals surface area contributed by atoms with E-state index in [9.17, 15) is 0 Å². The summed E-state index contributed by atoms with van der Waals surface area (Å²) >= 11 is 0. The molecule has 24 heavy (non-hydrogen) atoms. The van der Waals surface area contributed by atoms with Gasteiger partial charge in [0.25, 0.3) is 0 Å². The second kappa shape index (κ2) is 13.4. The molecule has 1 aromatic heterocycles. The minimum absolute atomic E-state index is 0. The number of rotatable bonds is 10. The predicted molar refractivity (Wildman–Crippen MR) is 106 cm³/mol. The molecule has 0 aliphatic carbocycles. The van der Waals surface area contributed by atoms with Gasteiger partial charge in [0.05, 0.1) is 19.3 Å². The van der Waals surface area contributed by atoms with Gasteiger partial charge in [0.1, 0.15) is 0 Å². The van der Waals surface area contributed by atoms with Crippen LogP contribution in [0.3, 0.4) is 0 Å². The minimum Gasteiger partial charge on any atom is -0.377 e. The lowest BCUT2D eigenvalue weighted by Gasteiger charge is -2.13. The number of halogens is 1. The fraction of sp³-hybridized carbons (Fsp3) is 0.750. The summed E-state index contributed by atoms with van der Waals surface area (Å²) in [5, 5.41) is 10.7. The van der Waals surface area contributed by atoms with Gasteiger partial charge in [-0.25, -0.2) is 0 Å². The molecule has 1 atom stereocenters. The Hall–Kier alpha value is -0.870. The van der Waals surface area contributed by atoms with Crippen molar-refractivity contribution in [2.75, 3.05) is 39.5 Å². The number of aryl methyl sites for hydroxylation is 1. The van der Waals surface area contributed by atoms with E-state index in [4.69, 9.17) is 9.47 Å². The van der Waals surface area contributed by atoms with Crippen molar-refractivity contribution in [3.63, 3.8) is 0 Å². The number of guanidine groups is 1. The van der Waals surface area contributed by atoms with E-state index in [0.717, 1.165) is 58.0 Å². The zero-order valence-electron chi connectivity index (χ0n) is 14.4. The van der Waals surface area contributed by atoms with Crippen molar-refractivity contribution in [2.24, 2.45) is 4.99 Å². The highest BCUT2D eigenvalue weighted by Crippen LogP contribution is 2.11. The van der Waals surface area contributed by atoms with Crippen LogP contribution in [-0.2, 0) is 16.0 Å². The normalized spacial score (nSPS) is 17.5. The summed E-state index contributed by atoms with van der Waals surface area (Å²) < 4.78 is 13.1. The maximum Gasteiger partial charge on any atom is 0.191 e. The molecule has 1 aliphatic heterocycles. The monoisotopic (exact) mass is 451 g/mol. The summed E-state index contributed by atoms with van der Waals surface area (Å²) in [5.41, 5.74) is 0. The van der Waals surface area contributed by atoms with Gasteiger partial charge in [-0.05, 0) is 32.3 Å². The minimum atomic E-state index is 0. The molecule has 1 saturated heterocycles. The highest BCUT2D eigenvalue weighted by Gasteiger charge is 2.14. The molecule has 0 bridgehead atoms. The first-order valence-electron chi connectivity index (χ1n) is 8.57. The molecule has 1 aliphatic rings. The molecule has 8 heteroatoms. The van der Waals surface area contributed by atoms with E-state index in [0.29, 0.717) is 19.3 Å². The first-order valence-corrected chi connectivity index (χ1v) is 8.57. The summed E-state index contributed by atoms with van der Waals surface area (Å²) in [7, 11) is 0. The summed E-state index contributed by atoms with van der Waals surface area (Å²) in [6, 6.07) is 1.94. The van der Waals surface area contributed by atoms with Crippen LogP contribution >= 0.6 is 24.0 Å². The van der Waals surface area contributed by atoms with Crippen LogP contribution in [0.5, 0.6) is 0 Å². The molecule has 1 aromatic rings. The Morgan fingerprint density at radius 3 is 3.08 bits per heavy atom. The smallest absolute Gasteiger partial charge is 0.191 e. The van der Waals surface area contributed by atoms with Gasteiger partial charge in [-0.2, -0.15) is 5.10 Å². The quantitative estimate of drug-likeness (QED) is 0.245. The van der Waals surface area contributed by atoms with Gasteiger partial charge in [0, 0.05) is 45.2 Å². The summed E-state index contributed by atoms with van der Waals surface area (Å²) in [4.78, 5) is 4.56. The van der Waals surface area contributed by atoms with E-state index in [1.165, 1.54) is 0 Å². The molecule has 2 heterocycles. The third-order valence-electron chi connectivity index (χ3n) is 3.59. The molecule has 2 rings (SSSR count). The number of aliphatic imine (C=N–C) groups is 1. The van der Waals surface area contributed by atoms with Gasteiger partial charge >= 0.3 is 0 Å². The van der Waals surface area contributed by atoms with Crippen molar-refractivity contribution in [3.05, 3.63) is 18.5 Å². The highest BCUT2D eigenvalue weighted by molar-refractivity contribution is 14.0. The molecule has 138 valence electrons. The molecule has 0 aromatic carbocycles. The maximum absolute atomic E-state index is 5.64. The molecule has 0 radical (unpaired) electrons. The van der Waals surface area contributed by atoms with Crippen LogP contribution in [0.4, 0.5) is 0 Å². The van der Waals surface area contributed by atoms with Crippen molar-refractivity contribution in [2.45, 2.75) is 38.8 Å². The van der Waals surface area contributed by atoms with E-state index in [1.54, 1.807) is 6.20 Å². The molecular formula is C16H30IN5O2. The average molecular weight is 451 g/mol. The van der Waals surface area contributed by atoms with Gasteiger partial charge in [0.2, 0.25) is 0 Å². The van der Waals surface area contributed by atoms with Gasteiger partial charge < -0.3 is 20.1 Å². The molecule has 1 fully saturated rings. The van der Waals surface area contributed by atoms with E-state index in [2.05, 4.69) is 27.6 Å². The van der Waals surface area contributed by atoms with Crippen molar-refractivity contribution < 1.29 is 9.47 Å². The van der Waals surface area contributed by atoms with Crippen molar-refractivity contribution >= 4 is 29.9 Å². The maximum atomic E-state index is 5.64. The largest absolute Gasteiger partial charge is 0.377 e. The number of hydrogen-bond acceptors (Lipinski definition) is 4. The van der Waals surface area contributed by atoms with Gasteiger partial charge in [0.15, 0.2) is 5.96 Å². The molecule has 2 N–H and O–H groups in total. The lowest BCUT2D eigenvalue weighted by Crippen LogP contribution is -2.39. The Balaban J connectivity index is 0.00000288. The lowest BCUT2D eigenvalue weighted by molar-refractivity contribution is 0.0191. The SMILES string of the molecule is CCNC(=NCCCn1cccn1)NCCOCC1CCCO1.I. The summed E-state index contributed by atoms with van der Waals surface area (Å²) in [6.07, 6.45) is 7.30. The van der Waals surface area contributed by atoms with Crippen LogP contribution in [-0.4, -0.2) is 61.3 Å². The second-order valence-electron chi connectivity index (χ2n) is 5.52. The first-order chi connectivity index (χ1) is 11.4. The third-order valence-corrected chi connectivity index (χ3v) is 3.59. The number of nitrogens with one attached hydrogen (secondary N) is 2. The van der Waals surface area contributed by atoms with Crippen LogP contribution < -0.4 is 10.6 Å². The zero-order valence-corrected chi connectivity index (χ0v) is 16.8. The van der Waals surface area contributed by atoms with Crippen LogP contribution in [0.15, 0.2) is 23.5 Å². The summed E-state index contributed by atoms with van der Waals surface area (Å²) in [6.45, 7) is 7.56. The fourth-order valence-corrected chi connectivity index (χ4v) is 2.43. The molecule has 0 amide bonds. The Morgan fingerprint density at radius 2 is 2.38 bits per heavy atom. The van der Waals surface area contributed by atoms with Crippen LogP contribution in [0, 0.1) is 0 Å². The Kier molecular flexibility index (Phi) is 11.8. The standard InChI is InChI=1S/C16H29N5O2.HI/c1-2-17-16(18-7-4-10-21-11-5-8-20-21)19-9-13-22-14-15-6-3-12-23-15;/h5,8,11,15H,2-4,6-7,9-10,12-14H2,1H3,(H2,17,18,19);1H. The Bertz CT molecular complexity index is 436.